The molecule has 1 N–H and O–H groups in total. The van der Waals surface area contributed by atoms with Crippen LogP contribution in [0.4, 0.5) is 0 Å². The zero-order valence-electron chi connectivity index (χ0n) is 11.7. The Morgan fingerprint density at radius 1 is 1.40 bits per heavy atom. The third-order valence-electron chi connectivity index (χ3n) is 3.16. The fourth-order valence-corrected chi connectivity index (χ4v) is 2.88. The van der Waals surface area contributed by atoms with Crippen molar-refractivity contribution in [3.63, 3.8) is 0 Å². The maximum absolute atomic E-state index is 6.13. The van der Waals surface area contributed by atoms with E-state index >= 15 is 0 Å². The highest BCUT2D eigenvalue weighted by molar-refractivity contribution is 9.10. The number of aryl methyl sites for hydroxylation is 1. The van der Waals surface area contributed by atoms with Gasteiger partial charge in [-0.25, -0.2) is 0 Å². The molecule has 0 radical (unpaired) electrons. The van der Waals surface area contributed by atoms with E-state index in [0.717, 1.165) is 34.6 Å². The van der Waals surface area contributed by atoms with Gasteiger partial charge in [0.1, 0.15) is 0 Å². The Morgan fingerprint density at radius 3 is 2.85 bits per heavy atom. The van der Waals surface area contributed by atoms with Gasteiger partial charge in [-0.1, -0.05) is 34.5 Å². The van der Waals surface area contributed by atoms with E-state index in [1.807, 2.05) is 36.1 Å². The van der Waals surface area contributed by atoms with Gasteiger partial charge in [-0.05, 0) is 42.8 Å². The molecular weight excluding hydrogens is 338 g/mol. The SMILES string of the molecule is CCCNC(Cc1ccn(C)n1)c1cc(Cl)ccc1Br. The van der Waals surface area contributed by atoms with Crippen LogP contribution in [-0.4, -0.2) is 16.3 Å². The van der Waals surface area contributed by atoms with E-state index in [-0.39, 0.29) is 6.04 Å². The van der Waals surface area contributed by atoms with E-state index in [2.05, 4.69) is 39.3 Å². The molecule has 1 atom stereocenters. The highest BCUT2D eigenvalue weighted by atomic mass is 79.9. The lowest BCUT2D eigenvalue weighted by atomic mass is 10.0. The van der Waals surface area contributed by atoms with Gasteiger partial charge in [0.25, 0.3) is 0 Å². The maximum Gasteiger partial charge on any atom is 0.0643 e. The van der Waals surface area contributed by atoms with Gasteiger partial charge in [-0.2, -0.15) is 5.10 Å². The van der Waals surface area contributed by atoms with Crippen molar-refractivity contribution < 1.29 is 0 Å². The average molecular weight is 357 g/mol. The predicted molar refractivity (Wildman–Crippen MR) is 87.1 cm³/mol. The summed E-state index contributed by atoms with van der Waals surface area (Å²) in [4.78, 5) is 0. The first kappa shape index (κ1) is 15.5. The topological polar surface area (TPSA) is 29.9 Å². The molecule has 0 aliphatic heterocycles. The van der Waals surface area contributed by atoms with Gasteiger partial charge < -0.3 is 5.32 Å². The molecular formula is C15H19BrClN3. The average Bonchev–Trinajstić information content (AvgIpc) is 2.83. The van der Waals surface area contributed by atoms with Crippen LogP contribution in [0.25, 0.3) is 0 Å². The van der Waals surface area contributed by atoms with E-state index in [9.17, 15) is 0 Å². The standard InChI is InChI=1S/C15H19BrClN3/c1-3-7-18-15(10-12-6-8-20(2)19-12)13-9-11(17)4-5-14(13)16/h4-6,8-9,15,18H,3,7,10H2,1-2H3. The first-order valence-corrected chi connectivity index (χ1v) is 7.94. The Morgan fingerprint density at radius 2 is 2.20 bits per heavy atom. The number of halogens is 2. The Bertz CT molecular complexity index is 568. The Labute approximate surface area is 133 Å². The molecule has 0 saturated heterocycles. The summed E-state index contributed by atoms with van der Waals surface area (Å²) < 4.78 is 2.91. The lowest BCUT2D eigenvalue weighted by Crippen LogP contribution is -2.24. The largest absolute Gasteiger partial charge is 0.310 e. The molecule has 0 saturated carbocycles. The zero-order chi connectivity index (χ0) is 14.5. The van der Waals surface area contributed by atoms with E-state index in [1.165, 1.54) is 5.56 Å². The first-order chi connectivity index (χ1) is 9.60. The lowest BCUT2D eigenvalue weighted by Gasteiger charge is -2.20. The number of rotatable bonds is 6. The van der Waals surface area contributed by atoms with Crippen molar-refractivity contribution in [2.24, 2.45) is 7.05 Å². The molecule has 5 heteroatoms. The van der Waals surface area contributed by atoms with Crippen molar-refractivity contribution in [3.8, 4) is 0 Å². The van der Waals surface area contributed by atoms with Crippen molar-refractivity contribution in [2.45, 2.75) is 25.8 Å². The third kappa shape index (κ3) is 4.08. The molecule has 1 heterocycles. The van der Waals surface area contributed by atoms with Crippen LogP contribution >= 0.6 is 27.5 Å². The van der Waals surface area contributed by atoms with Gasteiger partial charge in [0.2, 0.25) is 0 Å². The minimum absolute atomic E-state index is 0.206. The molecule has 0 amide bonds. The van der Waals surface area contributed by atoms with Gasteiger partial charge in [0.15, 0.2) is 0 Å². The van der Waals surface area contributed by atoms with Crippen LogP contribution in [-0.2, 0) is 13.5 Å². The number of nitrogens with zero attached hydrogens (tertiary/aromatic N) is 2. The van der Waals surface area contributed by atoms with E-state index in [0.29, 0.717) is 0 Å². The second-order valence-corrected chi connectivity index (χ2v) is 6.15. The highest BCUT2D eigenvalue weighted by Gasteiger charge is 2.16. The molecule has 1 aromatic carbocycles. The van der Waals surface area contributed by atoms with Crippen LogP contribution in [0, 0.1) is 0 Å². The molecule has 1 aromatic heterocycles. The fourth-order valence-electron chi connectivity index (χ4n) is 2.17. The van der Waals surface area contributed by atoms with Crippen molar-refractivity contribution >= 4 is 27.5 Å². The molecule has 3 nitrogen and oxygen atoms in total. The monoisotopic (exact) mass is 355 g/mol. The van der Waals surface area contributed by atoms with E-state index in [4.69, 9.17) is 11.6 Å². The zero-order valence-corrected chi connectivity index (χ0v) is 14.1. The van der Waals surface area contributed by atoms with Crippen LogP contribution in [0.2, 0.25) is 5.02 Å². The number of benzene rings is 1. The molecule has 2 rings (SSSR count). The van der Waals surface area contributed by atoms with Gasteiger partial charge in [0.05, 0.1) is 5.69 Å². The minimum Gasteiger partial charge on any atom is -0.310 e. The number of hydrogen-bond donors (Lipinski definition) is 1. The summed E-state index contributed by atoms with van der Waals surface area (Å²) >= 11 is 9.75. The fraction of sp³-hybridized carbons (Fsp3) is 0.400. The molecule has 1 unspecified atom stereocenters. The van der Waals surface area contributed by atoms with Crippen molar-refractivity contribution in [1.82, 2.24) is 15.1 Å². The summed E-state index contributed by atoms with van der Waals surface area (Å²) in [5.41, 5.74) is 2.25. The molecule has 2 aromatic rings. The Hall–Kier alpha value is -0.840. The summed E-state index contributed by atoms with van der Waals surface area (Å²) in [6.07, 6.45) is 3.91. The summed E-state index contributed by atoms with van der Waals surface area (Å²) in [5, 5.41) is 8.80. The highest BCUT2D eigenvalue weighted by Crippen LogP contribution is 2.28. The van der Waals surface area contributed by atoms with Gasteiger partial charge in [0, 0.05) is 35.2 Å². The van der Waals surface area contributed by atoms with Crippen molar-refractivity contribution in [2.75, 3.05) is 6.54 Å². The summed E-state index contributed by atoms with van der Waals surface area (Å²) in [6.45, 7) is 3.13. The van der Waals surface area contributed by atoms with E-state index < -0.39 is 0 Å². The van der Waals surface area contributed by atoms with Crippen LogP contribution in [0.3, 0.4) is 0 Å². The molecule has 0 spiro atoms. The van der Waals surface area contributed by atoms with Crippen LogP contribution in [0.15, 0.2) is 34.9 Å². The quantitative estimate of drug-likeness (QED) is 0.844. The second kappa shape index (κ2) is 7.25. The summed E-state index contributed by atoms with van der Waals surface area (Å²) in [7, 11) is 1.94. The number of nitrogens with one attached hydrogen (secondary N) is 1. The summed E-state index contributed by atoms with van der Waals surface area (Å²) in [5.74, 6) is 0. The molecule has 0 bridgehead atoms. The summed E-state index contributed by atoms with van der Waals surface area (Å²) in [6, 6.07) is 8.17. The molecule has 108 valence electrons. The predicted octanol–water partition coefficient (Wildman–Crippen LogP) is 4.12. The maximum atomic E-state index is 6.13. The molecule has 0 aliphatic carbocycles. The normalized spacial score (nSPS) is 12.6. The number of hydrogen-bond acceptors (Lipinski definition) is 2. The smallest absolute Gasteiger partial charge is 0.0643 e. The van der Waals surface area contributed by atoms with Crippen molar-refractivity contribution in [1.29, 1.82) is 0 Å². The van der Waals surface area contributed by atoms with Gasteiger partial charge in [-0.15, -0.1) is 0 Å². The van der Waals surface area contributed by atoms with E-state index in [1.54, 1.807) is 0 Å². The van der Waals surface area contributed by atoms with Crippen LogP contribution < -0.4 is 5.32 Å². The molecule has 0 fully saturated rings. The minimum atomic E-state index is 0.206. The molecule has 0 aliphatic rings. The Kier molecular flexibility index (Phi) is 5.64. The second-order valence-electron chi connectivity index (χ2n) is 4.86. The third-order valence-corrected chi connectivity index (χ3v) is 4.11. The molecule has 20 heavy (non-hydrogen) atoms. The van der Waals surface area contributed by atoms with Crippen LogP contribution in [0.5, 0.6) is 0 Å². The van der Waals surface area contributed by atoms with Gasteiger partial charge >= 0.3 is 0 Å². The van der Waals surface area contributed by atoms with Crippen molar-refractivity contribution in [3.05, 3.63) is 51.2 Å². The van der Waals surface area contributed by atoms with Crippen LogP contribution in [0.1, 0.15) is 30.6 Å². The van der Waals surface area contributed by atoms with Gasteiger partial charge in [-0.3, -0.25) is 4.68 Å². The lowest BCUT2D eigenvalue weighted by molar-refractivity contribution is 0.519. The number of aromatic nitrogens is 2. The Balaban J connectivity index is 2.24. The first-order valence-electron chi connectivity index (χ1n) is 6.77.